The molecule has 4 rings (SSSR count). The van der Waals surface area contributed by atoms with Gasteiger partial charge in [0.25, 0.3) is 0 Å². The van der Waals surface area contributed by atoms with Crippen molar-refractivity contribution in [2.45, 2.75) is 52.9 Å². The molecule has 0 saturated carbocycles. The van der Waals surface area contributed by atoms with Crippen LogP contribution in [0.5, 0.6) is 0 Å². The Morgan fingerprint density at radius 1 is 0.822 bits per heavy atom. The van der Waals surface area contributed by atoms with Crippen LogP contribution in [0.1, 0.15) is 79.8 Å². The lowest BCUT2D eigenvalue weighted by Crippen LogP contribution is -2.25. The highest BCUT2D eigenvalue weighted by Crippen LogP contribution is 2.27. The summed E-state index contributed by atoms with van der Waals surface area (Å²) in [5.74, 6) is -1.24. The van der Waals surface area contributed by atoms with Crippen LogP contribution in [0.25, 0.3) is 41.3 Å². The van der Waals surface area contributed by atoms with Crippen molar-refractivity contribution in [1.82, 2.24) is 0 Å². The first kappa shape index (κ1) is 32.8. The standard InChI is InChI=1S/C39H40N2O4/c1-4-7-23-41(24-8-5-2)33-20-22-35-34(6-3)36(39(44)45-37(35)26-33)21-19-30-13-11-28(12-14-30)9-10-29-15-17-31(18-16-29)25-32(27-40)38(42)43/h9-22,25-26H,4-8,23-24H2,1-3H3,(H,42,43)/b10-9+,21-19+,32-25-. The summed E-state index contributed by atoms with van der Waals surface area (Å²) < 4.78 is 5.87. The SMILES string of the molecule is CCCCN(CCCC)c1ccc2c(CC)c(/C=C/c3ccc(/C=C/c4ccc(/C=C(/C#N)C(=O)O)cc4)cc3)c(=O)oc2c1. The summed E-state index contributed by atoms with van der Waals surface area (Å²) in [6.45, 7) is 8.46. The predicted molar refractivity (Wildman–Crippen MR) is 186 cm³/mol. The van der Waals surface area contributed by atoms with Crippen LogP contribution in [0, 0.1) is 11.3 Å². The number of unbranched alkanes of at least 4 members (excludes halogenated alkanes) is 2. The number of carbonyl (C=O) groups is 1. The minimum absolute atomic E-state index is 0.305. The molecule has 0 unspecified atom stereocenters. The van der Waals surface area contributed by atoms with Crippen molar-refractivity contribution in [1.29, 1.82) is 5.26 Å². The smallest absolute Gasteiger partial charge is 0.346 e. The van der Waals surface area contributed by atoms with Crippen molar-refractivity contribution in [2.75, 3.05) is 18.0 Å². The highest BCUT2D eigenvalue weighted by atomic mass is 16.4. The molecule has 0 aliphatic rings. The molecule has 45 heavy (non-hydrogen) atoms. The number of benzene rings is 3. The van der Waals surface area contributed by atoms with Gasteiger partial charge in [0.2, 0.25) is 0 Å². The highest BCUT2D eigenvalue weighted by molar-refractivity contribution is 5.96. The number of carboxylic acid groups (broad SMARTS) is 1. The molecular weight excluding hydrogens is 560 g/mol. The van der Waals surface area contributed by atoms with Crippen molar-refractivity contribution < 1.29 is 14.3 Å². The third-order valence-electron chi connectivity index (χ3n) is 7.77. The van der Waals surface area contributed by atoms with Crippen molar-refractivity contribution >= 4 is 53.0 Å². The van der Waals surface area contributed by atoms with E-state index in [2.05, 4.69) is 37.8 Å². The molecule has 0 fully saturated rings. The molecule has 6 nitrogen and oxygen atoms in total. The zero-order valence-corrected chi connectivity index (χ0v) is 26.3. The molecule has 0 amide bonds. The highest BCUT2D eigenvalue weighted by Gasteiger charge is 2.14. The average molecular weight is 601 g/mol. The van der Waals surface area contributed by atoms with Gasteiger partial charge in [-0.2, -0.15) is 5.26 Å². The maximum atomic E-state index is 13.2. The Morgan fingerprint density at radius 3 is 1.84 bits per heavy atom. The zero-order chi connectivity index (χ0) is 32.2. The number of hydrogen-bond donors (Lipinski definition) is 1. The summed E-state index contributed by atoms with van der Waals surface area (Å²) >= 11 is 0. The second-order valence-corrected chi connectivity index (χ2v) is 11.0. The number of fused-ring (bicyclic) bond motifs is 1. The van der Waals surface area contributed by atoms with Crippen molar-refractivity contribution in [3.63, 3.8) is 0 Å². The third-order valence-corrected chi connectivity index (χ3v) is 7.77. The first-order chi connectivity index (χ1) is 21.9. The van der Waals surface area contributed by atoms with E-state index in [0.717, 1.165) is 78.5 Å². The fraction of sp³-hybridized carbons (Fsp3) is 0.256. The van der Waals surface area contributed by atoms with Gasteiger partial charge in [0.05, 0.1) is 5.56 Å². The van der Waals surface area contributed by atoms with Crippen molar-refractivity contribution in [3.8, 4) is 6.07 Å². The Morgan fingerprint density at radius 2 is 1.36 bits per heavy atom. The van der Waals surface area contributed by atoms with E-state index in [1.54, 1.807) is 18.2 Å². The molecule has 1 heterocycles. The molecule has 6 heteroatoms. The quantitative estimate of drug-likeness (QED) is 0.0671. The topological polar surface area (TPSA) is 94.5 Å². The van der Waals surface area contributed by atoms with Gasteiger partial charge in [-0.3, -0.25) is 0 Å². The maximum Gasteiger partial charge on any atom is 0.346 e. The first-order valence-corrected chi connectivity index (χ1v) is 15.6. The summed E-state index contributed by atoms with van der Waals surface area (Å²) in [5.41, 5.74) is 6.26. The molecule has 0 saturated heterocycles. The van der Waals surface area contributed by atoms with E-state index in [-0.39, 0.29) is 11.2 Å². The number of aliphatic carboxylic acids is 1. The summed E-state index contributed by atoms with van der Waals surface area (Å²) in [7, 11) is 0. The molecule has 0 spiro atoms. The van der Waals surface area contributed by atoms with Crippen molar-refractivity contribution in [2.24, 2.45) is 0 Å². The zero-order valence-electron chi connectivity index (χ0n) is 26.3. The van der Waals surface area contributed by atoms with Crippen LogP contribution in [0.15, 0.2) is 81.5 Å². The summed E-state index contributed by atoms with van der Waals surface area (Å²) in [5, 5.41) is 18.9. The Labute approximate surface area is 265 Å². The van der Waals surface area contributed by atoms with E-state index >= 15 is 0 Å². The van der Waals surface area contributed by atoms with E-state index in [1.165, 1.54) is 6.08 Å². The normalized spacial score (nSPS) is 11.8. The molecule has 0 radical (unpaired) electrons. The Bertz CT molecular complexity index is 1800. The Kier molecular flexibility index (Phi) is 11.7. The lowest BCUT2D eigenvalue weighted by molar-refractivity contribution is -0.132. The first-order valence-electron chi connectivity index (χ1n) is 15.6. The second-order valence-electron chi connectivity index (χ2n) is 11.0. The maximum absolute atomic E-state index is 13.2. The minimum Gasteiger partial charge on any atom is -0.477 e. The number of carboxylic acids is 1. The van der Waals surface area contributed by atoms with Crippen LogP contribution < -0.4 is 10.5 Å². The predicted octanol–water partition coefficient (Wildman–Crippen LogP) is 9.09. The number of anilines is 1. The number of aryl methyl sites for hydroxylation is 1. The lowest BCUT2D eigenvalue weighted by Gasteiger charge is -2.25. The molecule has 4 aromatic rings. The van der Waals surface area contributed by atoms with Gasteiger partial charge < -0.3 is 14.4 Å². The van der Waals surface area contributed by atoms with Crippen LogP contribution in [0.3, 0.4) is 0 Å². The monoisotopic (exact) mass is 600 g/mol. The molecule has 0 aliphatic carbocycles. The van der Waals surface area contributed by atoms with Gasteiger partial charge in [-0.25, -0.2) is 9.59 Å². The van der Waals surface area contributed by atoms with E-state index in [4.69, 9.17) is 14.8 Å². The van der Waals surface area contributed by atoms with Gasteiger partial charge in [-0.1, -0.05) is 100 Å². The second kappa shape index (κ2) is 16.1. The van der Waals surface area contributed by atoms with Gasteiger partial charge in [0.1, 0.15) is 17.2 Å². The molecule has 1 aromatic heterocycles. The summed E-state index contributed by atoms with van der Waals surface area (Å²) in [6, 6.07) is 23.3. The number of nitriles is 1. The number of nitrogens with zero attached hydrogens (tertiary/aromatic N) is 2. The van der Waals surface area contributed by atoms with Crippen LogP contribution >= 0.6 is 0 Å². The molecule has 0 bridgehead atoms. The van der Waals surface area contributed by atoms with E-state index < -0.39 is 5.97 Å². The third kappa shape index (κ3) is 8.70. The van der Waals surface area contributed by atoms with Gasteiger partial charge in [0.15, 0.2) is 0 Å². The Balaban J connectivity index is 1.50. The van der Waals surface area contributed by atoms with Crippen LogP contribution in [-0.4, -0.2) is 24.2 Å². The fourth-order valence-corrected chi connectivity index (χ4v) is 5.18. The van der Waals surface area contributed by atoms with E-state index in [1.807, 2.05) is 66.8 Å². The molecule has 1 N–H and O–H groups in total. The van der Waals surface area contributed by atoms with Gasteiger partial charge in [-0.15, -0.1) is 0 Å². The Hall–Kier alpha value is -5.15. The molecule has 0 aliphatic heterocycles. The van der Waals surface area contributed by atoms with Crippen LogP contribution in [-0.2, 0) is 11.2 Å². The summed E-state index contributed by atoms with van der Waals surface area (Å²) in [6.07, 6.45) is 14.3. The average Bonchev–Trinajstić information content (AvgIpc) is 3.05. The number of hydrogen-bond acceptors (Lipinski definition) is 5. The summed E-state index contributed by atoms with van der Waals surface area (Å²) in [4.78, 5) is 26.6. The van der Waals surface area contributed by atoms with E-state index in [0.29, 0.717) is 16.7 Å². The fourth-order valence-electron chi connectivity index (χ4n) is 5.18. The minimum atomic E-state index is -1.24. The van der Waals surface area contributed by atoms with Gasteiger partial charge >= 0.3 is 11.6 Å². The lowest BCUT2D eigenvalue weighted by atomic mass is 10.0. The van der Waals surface area contributed by atoms with E-state index in [9.17, 15) is 9.59 Å². The van der Waals surface area contributed by atoms with Crippen molar-refractivity contribution in [3.05, 3.63) is 116 Å². The number of rotatable bonds is 14. The molecular formula is C39H40N2O4. The largest absolute Gasteiger partial charge is 0.477 e. The van der Waals surface area contributed by atoms with Crippen LogP contribution in [0.4, 0.5) is 5.69 Å². The molecule has 0 atom stereocenters. The van der Waals surface area contributed by atoms with Gasteiger partial charge in [0, 0.05) is 30.2 Å². The van der Waals surface area contributed by atoms with Gasteiger partial charge in [-0.05, 0) is 71.4 Å². The molecule has 3 aromatic carbocycles. The molecule has 230 valence electrons. The van der Waals surface area contributed by atoms with Crippen LogP contribution in [0.2, 0.25) is 0 Å².